The Morgan fingerprint density at radius 3 is 2.78 bits per heavy atom. The number of likely N-dealkylation sites (tertiary alicyclic amines) is 1. The maximum absolute atomic E-state index is 12.6. The molecule has 3 heterocycles. The second-order valence-corrected chi connectivity index (χ2v) is 7.86. The van der Waals surface area contributed by atoms with Crippen LogP contribution in [0.15, 0.2) is 22.7 Å². The van der Waals surface area contributed by atoms with Gasteiger partial charge in [0.15, 0.2) is 5.82 Å². The van der Waals surface area contributed by atoms with E-state index in [1.165, 1.54) is 18.4 Å². The van der Waals surface area contributed by atoms with Crippen LogP contribution in [0.3, 0.4) is 0 Å². The van der Waals surface area contributed by atoms with Gasteiger partial charge in [-0.05, 0) is 54.9 Å². The van der Waals surface area contributed by atoms with Crippen molar-refractivity contribution in [2.75, 3.05) is 18.4 Å². The summed E-state index contributed by atoms with van der Waals surface area (Å²) < 4.78 is 10.8. The highest BCUT2D eigenvalue weighted by molar-refractivity contribution is 5.89. The Hall–Kier alpha value is -2.41. The Morgan fingerprint density at radius 1 is 1.15 bits per heavy atom. The molecule has 1 N–H and O–H groups in total. The minimum Gasteiger partial charge on any atom is -0.372 e. The van der Waals surface area contributed by atoms with E-state index in [4.69, 9.17) is 9.26 Å². The van der Waals surface area contributed by atoms with Gasteiger partial charge >= 0.3 is 6.03 Å². The smallest absolute Gasteiger partial charge is 0.321 e. The van der Waals surface area contributed by atoms with E-state index in [2.05, 4.69) is 15.5 Å². The van der Waals surface area contributed by atoms with Crippen molar-refractivity contribution in [1.29, 1.82) is 0 Å². The average molecular weight is 368 g/mol. The van der Waals surface area contributed by atoms with Crippen molar-refractivity contribution in [2.24, 2.45) is 5.92 Å². The summed E-state index contributed by atoms with van der Waals surface area (Å²) in [6, 6.07) is 5.97. The van der Waals surface area contributed by atoms with Gasteiger partial charge in [-0.15, -0.1) is 0 Å². The Balaban J connectivity index is 1.12. The number of piperidine rings is 1. The fourth-order valence-electron chi connectivity index (χ4n) is 3.90. The van der Waals surface area contributed by atoms with Crippen LogP contribution in [-0.4, -0.2) is 34.2 Å². The van der Waals surface area contributed by atoms with Crippen molar-refractivity contribution in [3.05, 3.63) is 41.0 Å². The SMILES string of the molecule is O=C(Nc1ccc2c(c1)COC2)N1CCC(Cc2noc(C3CC3)n2)CC1. The van der Waals surface area contributed by atoms with Gasteiger partial charge in [-0.1, -0.05) is 11.2 Å². The van der Waals surface area contributed by atoms with E-state index in [9.17, 15) is 4.79 Å². The summed E-state index contributed by atoms with van der Waals surface area (Å²) >= 11 is 0. The molecule has 1 aliphatic carbocycles. The summed E-state index contributed by atoms with van der Waals surface area (Å²) in [6.45, 7) is 2.82. The molecule has 3 aliphatic rings. The Kier molecular flexibility index (Phi) is 4.32. The maximum atomic E-state index is 12.6. The molecule has 2 amide bonds. The van der Waals surface area contributed by atoms with E-state index in [0.717, 1.165) is 55.3 Å². The lowest BCUT2D eigenvalue weighted by molar-refractivity contribution is 0.134. The number of carbonyl (C=O) groups excluding carboxylic acids is 1. The second-order valence-electron chi connectivity index (χ2n) is 7.86. The van der Waals surface area contributed by atoms with E-state index in [1.807, 2.05) is 23.1 Å². The first-order chi connectivity index (χ1) is 13.2. The van der Waals surface area contributed by atoms with Crippen LogP contribution in [0.25, 0.3) is 0 Å². The van der Waals surface area contributed by atoms with Crippen LogP contribution in [0.5, 0.6) is 0 Å². The number of hydrogen-bond donors (Lipinski definition) is 1. The van der Waals surface area contributed by atoms with Crippen molar-refractivity contribution in [3.8, 4) is 0 Å². The fourth-order valence-corrected chi connectivity index (χ4v) is 3.90. The molecule has 0 radical (unpaired) electrons. The minimum absolute atomic E-state index is 0.0251. The third kappa shape index (κ3) is 3.69. The summed E-state index contributed by atoms with van der Waals surface area (Å²) in [7, 11) is 0. The van der Waals surface area contributed by atoms with Crippen LogP contribution in [0, 0.1) is 5.92 Å². The molecule has 0 spiro atoms. The molecule has 2 fully saturated rings. The highest BCUT2D eigenvalue weighted by Crippen LogP contribution is 2.39. The molecule has 1 aromatic heterocycles. The molecule has 142 valence electrons. The first-order valence-electron chi connectivity index (χ1n) is 9.82. The molecule has 7 nitrogen and oxygen atoms in total. The van der Waals surface area contributed by atoms with E-state index >= 15 is 0 Å². The third-order valence-electron chi connectivity index (χ3n) is 5.76. The van der Waals surface area contributed by atoms with Crippen LogP contribution < -0.4 is 5.32 Å². The Labute approximate surface area is 158 Å². The number of hydrogen-bond acceptors (Lipinski definition) is 5. The molecule has 0 bridgehead atoms. The number of aromatic nitrogens is 2. The number of ether oxygens (including phenoxy) is 1. The summed E-state index contributed by atoms with van der Waals surface area (Å²) in [5, 5.41) is 7.14. The van der Waals surface area contributed by atoms with E-state index in [1.54, 1.807) is 0 Å². The molecule has 2 aliphatic heterocycles. The van der Waals surface area contributed by atoms with E-state index < -0.39 is 0 Å². The number of rotatable bonds is 4. The zero-order valence-electron chi connectivity index (χ0n) is 15.3. The lowest BCUT2D eigenvalue weighted by Gasteiger charge is -2.31. The number of urea groups is 1. The largest absolute Gasteiger partial charge is 0.372 e. The van der Waals surface area contributed by atoms with Gasteiger partial charge in [0.05, 0.1) is 13.2 Å². The zero-order chi connectivity index (χ0) is 18.2. The number of fused-ring (bicyclic) bond motifs is 1. The predicted octanol–water partition coefficient (Wildman–Crippen LogP) is 3.46. The summed E-state index contributed by atoms with van der Waals surface area (Å²) in [4.78, 5) is 19.0. The van der Waals surface area contributed by atoms with Crippen molar-refractivity contribution in [3.63, 3.8) is 0 Å². The Bertz CT molecular complexity index is 838. The molecule has 7 heteroatoms. The highest BCUT2D eigenvalue weighted by atomic mass is 16.5. The number of carbonyl (C=O) groups is 1. The van der Waals surface area contributed by atoms with Crippen molar-refractivity contribution < 1.29 is 14.1 Å². The molecule has 0 unspecified atom stereocenters. The number of nitrogens with zero attached hydrogens (tertiary/aromatic N) is 3. The van der Waals surface area contributed by atoms with E-state index in [-0.39, 0.29) is 6.03 Å². The van der Waals surface area contributed by atoms with Crippen molar-refractivity contribution >= 4 is 11.7 Å². The van der Waals surface area contributed by atoms with Crippen LogP contribution in [0.4, 0.5) is 10.5 Å². The van der Waals surface area contributed by atoms with Crippen LogP contribution in [-0.2, 0) is 24.4 Å². The fraction of sp³-hybridized carbons (Fsp3) is 0.550. The van der Waals surface area contributed by atoms with Gasteiger partial charge < -0.3 is 19.5 Å². The highest BCUT2D eigenvalue weighted by Gasteiger charge is 2.30. The second kappa shape index (κ2) is 6.96. The van der Waals surface area contributed by atoms with Gasteiger partial charge in [0.1, 0.15) is 0 Å². The molecule has 1 aromatic carbocycles. The third-order valence-corrected chi connectivity index (χ3v) is 5.76. The van der Waals surface area contributed by atoms with Crippen molar-refractivity contribution in [2.45, 2.75) is 51.2 Å². The first kappa shape index (κ1) is 16.7. The standard InChI is InChI=1S/C20H24N4O3/c25-20(21-17-4-3-15-11-26-12-16(15)10-17)24-7-5-13(6-8-24)9-18-22-19(27-23-18)14-1-2-14/h3-4,10,13-14H,1-2,5-9,11-12H2,(H,21,25). The lowest BCUT2D eigenvalue weighted by Crippen LogP contribution is -2.41. The lowest BCUT2D eigenvalue weighted by atomic mass is 9.93. The van der Waals surface area contributed by atoms with Crippen LogP contribution in [0.1, 0.15) is 54.4 Å². The predicted molar refractivity (Wildman–Crippen MR) is 98.2 cm³/mol. The first-order valence-corrected chi connectivity index (χ1v) is 9.82. The van der Waals surface area contributed by atoms with Gasteiger partial charge in [-0.2, -0.15) is 4.98 Å². The molecule has 27 heavy (non-hydrogen) atoms. The summed E-state index contributed by atoms with van der Waals surface area (Å²) in [6.07, 6.45) is 5.13. The molecular weight excluding hydrogens is 344 g/mol. The van der Waals surface area contributed by atoms with Crippen molar-refractivity contribution in [1.82, 2.24) is 15.0 Å². The summed E-state index contributed by atoms with van der Waals surface area (Å²) in [5.74, 6) is 2.64. The number of amides is 2. The molecule has 2 aromatic rings. The van der Waals surface area contributed by atoms with Gasteiger partial charge in [-0.3, -0.25) is 0 Å². The molecule has 1 saturated carbocycles. The summed E-state index contributed by atoms with van der Waals surface area (Å²) in [5.41, 5.74) is 3.21. The van der Waals surface area contributed by atoms with E-state index in [0.29, 0.717) is 25.0 Å². The number of benzene rings is 1. The quantitative estimate of drug-likeness (QED) is 0.894. The van der Waals surface area contributed by atoms with Gasteiger partial charge in [0.25, 0.3) is 0 Å². The molecule has 5 rings (SSSR count). The maximum Gasteiger partial charge on any atom is 0.321 e. The van der Waals surface area contributed by atoms with Gasteiger partial charge in [-0.25, -0.2) is 4.79 Å². The van der Waals surface area contributed by atoms with Crippen LogP contribution in [0.2, 0.25) is 0 Å². The monoisotopic (exact) mass is 368 g/mol. The molecule has 0 atom stereocenters. The zero-order valence-corrected chi connectivity index (χ0v) is 15.3. The normalized spacial score (nSPS) is 19.9. The van der Waals surface area contributed by atoms with Gasteiger partial charge in [0.2, 0.25) is 5.89 Å². The molecular formula is C20H24N4O3. The van der Waals surface area contributed by atoms with Gasteiger partial charge in [0, 0.05) is 31.1 Å². The number of anilines is 1. The Morgan fingerprint density at radius 2 is 1.96 bits per heavy atom. The molecule has 1 saturated heterocycles. The number of nitrogens with one attached hydrogen (secondary N) is 1. The average Bonchev–Trinajstić information content (AvgIpc) is 3.25. The minimum atomic E-state index is -0.0251. The van der Waals surface area contributed by atoms with Crippen LogP contribution >= 0.6 is 0 Å². The topological polar surface area (TPSA) is 80.5 Å².